The summed E-state index contributed by atoms with van der Waals surface area (Å²) in [6.07, 6.45) is 12.9. The molecule has 0 aromatic rings. The minimum Gasteiger partial charge on any atom is -0.393 e. The predicted molar refractivity (Wildman–Crippen MR) is 72.1 cm³/mol. The van der Waals surface area contributed by atoms with Crippen LogP contribution in [0.15, 0.2) is 0 Å². The molecule has 2 heteroatoms. The van der Waals surface area contributed by atoms with E-state index >= 15 is 0 Å². The highest BCUT2D eigenvalue weighted by molar-refractivity contribution is 4.79. The molecular weight excluding hydrogens is 210 g/mol. The van der Waals surface area contributed by atoms with Gasteiger partial charge in [0, 0.05) is 12.1 Å². The van der Waals surface area contributed by atoms with E-state index in [1.165, 1.54) is 38.5 Å². The van der Waals surface area contributed by atoms with E-state index in [0.717, 1.165) is 31.6 Å². The third kappa shape index (κ3) is 4.59. The lowest BCUT2D eigenvalue weighted by Crippen LogP contribution is -2.40. The summed E-state index contributed by atoms with van der Waals surface area (Å²) in [7, 11) is 0. The lowest BCUT2D eigenvalue weighted by atomic mass is 9.92. The van der Waals surface area contributed by atoms with Gasteiger partial charge in [-0.1, -0.05) is 25.7 Å². The summed E-state index contributed by atoms with van der Waals surface area (Å²) in [5.74, 6) is 1.02. The zero-order chi connectivity index (χ0) is 12.1. The van der Waals surface area contributed by atoms with Gasteiger partial charge in [0.2, 0.25) is 0 Å². The van der Waals surface area contributed by atoms with E-state index in [0.29, 0.717) is 12.1 Å². The second-order valence-electron chi connectivity index (χ2n) is 6.30. The molecule has 2 aliphatic carbocycles. The Bertz CT molecular complexity index is 205. The molecule has 2 aliphatic rings. The summed E-state index contributed by atoms with van der Waals surface area (Å²) in [5, 5.41) is 13.2. The van der Waals surface area contributed by atoms with Gasteiger partial charge in [-0.2, -0.15) is 0 Å². The van der Waals surface area contributed by atoms with Crippen LogP contribution in [-0.4, -0.2) is 23.3 Å². The quantitative estimate of drug-likeness (QED) is 0.772. The molecule has 0 aliphatic heterocycles. The lowest BCUT2D eigenvalue weighted by Gasteiger charge is -2.29. The van der Waals surface area contributed by atoms with Crippen molar-refractivity contribution in [3.63, 3.8) is 0 Å². The van der Waals surface area contributed by atoms with Crippen LogP contribution in [0.25, 0.3) is 0 Å². The number of nitrogens with one attached hydrogen (secondary N) is 1. The van der Waals surface area contributed by atoms with E-state index in [-0.39, 0.29) is 6.10 Å². The molecule has 1 atom stereocenters. The molecule has 0 aromatic heterocycles. The van der Waals surface area contributed by atoms with Gasteiger partial charge in [0.25, 0.3) is 0 Å². The largest absolute Gasteiger partial charge is 0.393 e. The third-order valence-electron chi connectivity index (χ3n) is 4.70. The average Bonchev–Trinajstić information content (AvgIpc) is 2.83. The SMILES string of the molecule is CC(CCC1CCCC1)NC1CCC(O)CC1. The van der Waals surface area contributed by atoms with Crippen LogP contribution in [0.3, 0.4) is 0 Å². The lowest BCUT2D eigenvalue weighted by molar-refractivity contribution is 0.114. The fourth-order valence-corrected chi connectivity index (χ4v) is 3.51. The Morgan fingerprint density at radius 1 is 1.06 bits per heavy atom. The summed E-state index contributed by atoms with van der Waals surface area (Å²) in [6, 6.07) is 1.33. The molecule has 2 N–H and O–H groups in total. The van der Waals surface area contributed by atoms with E-state index in [2.05, 4.69) is 12.2 Å². The van der Waals surface area contributed by atoms with Gasteiger partial charge < -0.3 is 10.4 Å². The van der Waals surface area contributed by atoms with Crippen LogP contribution in [-0.2, 0) is 0 Å². The number of hydrogen-bond donors (Lipinski definition) is 2. The molecule has 2 saturated carbocycles. The molecule has 0 amide bonds. The average molecular weight is 239 g/mol. The van der Waals surface area contributed by atoms with E-state index in [1.54, 1.807) is 0 Å². The fourth-order valence-electron chi connectivity index (χ4n) is 3.51. The van der Waals surface area contributed by atoms with Crippen molar-refractivity contribution in [1.82, 2.24) is 5.32 Å². The summed E-state index contributed by atoms with van der Waals surface area (Å²) in [6.45, 7) is 2.33. The summed E-state index contributed by atoms with van der Waals surface area (Å²) < 4.78 is 0. The molecular formula is C15H29NO. The van der Waals surface area contributed by atoms with Crippen molar-refractivity contribution in [3.05, 3.63) is 0 Å². The van der Waals surface area contributed by atoms with Crippen molar-refractivity contribution in [2.24, 2.45) is 5.92 Å². The van der Waals surface area contributed by atoms with Crippen LogP contribution in [0.2, 0.25) is 0 Å². The minimum absolute atomic E-state index is 0.0261. The van der Waals surface area contributed by atoms with Crippen LogP contribution in [0.4, 0.5) is 0 Å². The van der Waals surface area contributed by atoms with Crippen molar-refractivity contribution in [1.29, 1.82) is 0 Å². The van der Waals surface area contributed by atoms with Gasteiger partial charge in [-0.05, 0) is 51.4 Å². The molecule has 0 heterocycles. The van der Waals surface area contributed by atoms with E-state index < -0.39 is 0 Å². The molecule has 2 rings (SSSR count). The van der Waals surface area contributed by atoms with Crippen molar-refractivity contribution in [2.75, 3.05) is 0 Å². The van der Waals surface area contributed by atoms with Crippen LogP contribution in [0, 0.1) is 5.92 Å². The Hall–Kier alpha value is -0.0800. The molecule has 0 spiro atoms. The first-order valence-corrected chi connectivity index (χ1v) is 7.68. The van der Waals surface area contributed by atoms with Crippen molar-refractivity contribution in [2.45, 2.75) is 89.3 Å². The minimum atomic E-state index is -0.0261. The Kier molecular flexibility index (Phi) is 5.30. The second-order valence-corrected chi connectivity index (χ2v) is 6.30. The summed E-state index contributed by atoms with van der Waals surface area (Å²) in [5.41, 5.74) is 0. The van der Waals surface area contributed by atoms with Gasteiger partial charge in [0.1, 0.15) is 0 Å². The maximum absolute atomic E-state index is 9.48. The molecule has 1 unspecified atom stereocenters. The van der Waals surface area contributed by atoms with Gasteiger partial charge in [-0.15, -0.1) is 0 Å². The van der Waals surface area contributed by atoms with Gasteiger partial charge in [-0.25, -0.2) is 0 Å². The Balaban J connectivity index is 1.58. The number of aliphatic hydroxyl groups is 1. The zero-order valence-electron chi connectivity index (χ0n) is 11.3. The molecule has 2 fully saturated rings. The smallest absolute Gasteiger partial charge is 0.0541 e. The van der Waals surface area contributed by atoms with Crippen LogP contribution in [0.1, 0.15) is 71.1 Å². The van der Waals surface area contributed by atoms with E-state index in [4.69, 9.17) is 0 Å². The zero-order valence-corrected chi connectivity index (χ0v) is 11.3. The Labute approximate surface area is 106 Å². The summed E-state index contributed by atoms with van der Waals surface area (Å²) >= 11 is 0. The van der Waals surface area contributed by atoms with Crippen molar-refractivity contribution < 1.29 is 5.11 Å². The normalized spacial score (nSPS) is 32.8. The molecule has 0 radical (unpaired) electrons. The molecule has 0 bridgehead atoms. The fraction of sp³-hybridized carbons (Fsp3) is 1.00. The highest BCUT2D eigenvalue weighted by Crippen LogP contribution is 2.29. The molecule has 100 valence electrons. The summed E-state index contributed by atoms with van der Waals surface area (Å²) in [4.78, 5) is 0. The second kappa shape index (κ2) is 6.75. The van der Waals surface area contributed by atoms with E-state index in [1.807, 2.05) is 0 Å². The van der Waals surface area contributed by atoms with Crippen LogP contribution < -0.4 is 5.32 Å². The predicted octanol–water partition coefficient (Wildman–Crippen LogP) is 3.24. The number of rotatable bonds is 5. The number of aliphatic hydroxyl groups excluding tert-OH is 1. The van der Waals surface area contributed by atoms with Crippen molar-refractivity contribution in [3.8, 4) is 0 Å². The van der Waals surface area contributed by atoms with Gasteiger partial charge in [0.05, 0.1) is 6.10 Å². The maximum Gasteiger partial charge on any atom is 0.0541 e. The first kappa shape index (κ1) is 13.4. The first-order valence-electron chi connectivity index (χ1n) is 7.68. The van der Waals surface area contributed by atoms with E-state index in [9.17, 15) is 5.11 Å². The number of hydrogen-bond acceptors (Lipinski definition) is 2. The first-order chi connectivity index (χ1) is 8.24. The topological polar surface area (TPSA) is 32.3 Å². The molecule has 0 aromatic carbocycles. The van der Waals surface area contributed by atoms with Gasteiger partial charge in [-0.3, -0.25) is 0 Å². The molecule has 17 heavy (non-hydrogen) atoms. The third-order valence-corrected chi connectivity index (χ3v) is 4.70. The standard InChI is InChI=1S/C15H29NO/c1-12(6-7-13-4-2-3-5-13)16-14-8-10-15(17)11-9-14/h12-17H,2-11H2,1H3. The highest BCUT2D eigenvalue weighted by Gasteiger charge is 2.21. The van der Waals surface area contributed by atoms with Gasteiger partial charge in [0.15, 0.2) is 0 Å². The van der Waals surface area contributed by atoms with Gasteiger partial charge >= 0.3 is 0 Å². The molecule has 0 saturated heterocycles. The van der Waals surface area contributed by atoms with Crippen molar-refractivity contribution >= 4 is 0 Å². The Morgan fingerprint density at radius 2 is 1.71 bits per heavy atom. The molecule has 2 nitrogen and oxygen atoms in total. The van der Waals surface area contributed by atoms with Crippen LogP contribution in [0.5, 0.6) is 0 Å². The Morgan fingerprint density at radius 3 is 2.35 bits per heavy atom. The highest BCUT2D eigenvalue weighted by atomic mass is 16.3. The van der Waals surface area contributed by atoms with Crippen LogP contribution >= 0.6 is 0 Å². The maximum atomic E-state index is 9.48. The monoisotopic (exact) mass is 239 g/mol.